The van der Waals surface area contributed by atoms with Gasteiger partial charge in [-0.25, -0.2) is 0 Å². The van der Waals surface area contributed by atoms with Gasteiger partial charge in [-0.3, -0.25) is 9.59 Å². The Balaban J connectivity index is 4.59. The molecule has 3 N–H and O–H groups in total. The van der Waals surface area contributed by atoms with Gasteiger partial charge in [0.05, 0.1) is 25.2 Å². The number of rotatable bonds is 50. The molecule has 374 valence electrons. The van der Waals surface area contributed by atoms with Gasteiger partial charge < -0.3 is 20.3 Å². The van der Waals surface area contributed by atoms with Gasteiger partial charge in [-0.1, -0.05) is 230 Å². The molecule has 0 aromatic carbocycles. The average molecular weight is 898 g/mol. The number of hydrogen-bond donors (Lipinski definition) is 3. The minimum atomic E-state index is -0.801. The van der Waals surface area contributed by atoms with Crippen LogP contribution in [0.2, 0.25) is 0 Å². The first-order chi connectivity index (χ1) is 31.5. The van der Waals surface area contributed by atoms with Crippen LogP contribution >= 0.6 is 0 Å². The van der Waals surface area contributed by atoms with Gasteiger partial charge >= 0.3 is 5.97 Å². The third kappa shape index (κ3) is 46.4. The minimum Gasteiger partial charge on any atom is -0.462 e. The first kappa shape index (κ1) is 61.8. The number of aliphatic hydroxyl groups excluding tert-OH is 2. The zero-order valence-corrected chi connectivity index (χ0v) is 42.7. The molecule has 0 spiro atoms. The molecule has 0 rings (SSSR count). The molecule has 6 nitrogen and oxygen atoms in total. The lowest BCUT2D eigenvalue weighted by molar-refractivity contribution is -0.151. The Morgan fingerprint density at radius 3 is 1.27 bits per heavy atom. The number of aliphatic hydroxyl groups is 2. The van der Waals surface area contributed by atoms with Gasteiger partial charge in [0.15, 0.2) is 0 Å². The zero-order chi connectivity index (χ0) is 46.7. The molecule has 0 aliphatic carbocycles. The summed E-state index contributed by atoms with van der Waals surface area (Å²) in [5, 5.41) is 23.8. The van der Waals surface area contributed by atoms with Gasteiger partial charge in [-0.05, 0) is 89.9 Å². The van der Waals surface area contributed by atoms with Crippen molar-refractivity contribution in [1.29, 1.82) is 0 Å². The lowest BCUT2D eigenvalue weighted by Gasteiger charge is -2.24. The average Bonchev–Trinajstić information content (AvgIpc) is 3.29. The van der Waals surface area contributed by atoms with Crippen molar-refractivity contribution >= 4 is 11.9 Å². The van der Waals surface area contributed by atoms with Gasteiger partial charge in [0.25, 0.3) is 0 Å². The molecule has 0 aliphatic rings. The first-order valence-electron chi connectivity index (χ1n) is 27.9. The minimum absolute atomic E-state index is 0.0468. The van der Waals surface area contributed by atoms with Crippen LogP contribution in [0.25, 0.3) is 0 Å². The maximum Gasteiger partial charge on any atom is 0.306 e. The number of carbonyl (C=O) groups excluding carboxylic acids is 2. The molecular formula is C58H107NO5. The highest BCUT2D eigenvalue weighted by Crippen LogP contribution is 2.18. The molecule has 0 aromatic rings. The van der Waals surface area contributed by atoms with Gasteiger partial charge in [0, 0.05) is 6.42 Å². The van der Waals surface area contributed by atoms with E-state index < -0.39 is 18.2 Å². The van der Waals surface area contributed by atoms with Gasteiger partial charge in [-0.2, -0.15) is 0 Å². The maximum atomic E-state index is 13.2. The monoisotopic (exact) mass is 898 g/mol. The molecule has 0 saturated heterocycles. The Hall–Kier alpha value is -2.18. The smallest absolute Gasteiger partial charge is 0.306 e. The van der Waals surface area contributed by atoms with Crippen molar-refractivity contribution < 1.29 is 24.5 Å². The fourth-order valence-electron chi connectivity index (χ4n) is 8.37. The fourth-order valence-corrected chi connectivity index (χ4v) is 8.37. The van der Waals surface area contributed by atoms with E-state index in [4.69, 9.17) is 4.74 Å². The molecule has 0 aromatic heterocycles. The summed E-state index contributed by atoms with van der Waals surface area (Å²) in [6.45, 7) is 6.46. The van der Waals surface area contributed by atoms with E-state index in [1.807, 2.05) is 0 Å². The number of allylic oxidation sites excluding steroid dienone is 8. The standard InChI is InChI=1S/C58H107NO5/c1-4-7-10-13-16-19-22-25-27-28-30-33-35-38-41-44-47-50-56(61)55(53-60)59-57(62)52-54(49-46-43-40-37-34-32-29-26-23-20-17-14-11-8-5-2)64-58(63)51-48-45-42-39-36-31-24-21-18-15-12-9-6-3/h17,20,26,29,31,34,36-37,54-56,60-61H,4-16,18-19,21-25,27-28,30,32-33,35,38-53H2,1-3H3,(H,59,62)/b20-17-,29-26-,36-31-,37-34-. The van der Waals surface area contributed by atoms with Crippen molar-refractivity contribution in [2.45, 2.75) is 302 Å². The van der Waals surface area contributed by atoms with Gasteiger partial charge in [-0.15, -0.1) is 0 Å². The SMILES string of the molecule is CCCCC/C=C\C/C=C\C/C=C\CCCCC(CC(=O)NC(CO)C(O)CCCCCCCCCCCCCCCCCCC)OC(=O)CCCCC/C=C\CCCCCCCC. The number of nitrogens with one attached hydrogen (secondary N) is 1. The zero-order valence-electron chi connectivity index (χ0n) is 42.7. The predicted octanol–water partition coefficient (Wildman–Crippen LogP) is 17.0. The third-order valence-electron chi connectivity index (χ3n) is 12.6. The van der Waals surface area contributed by atoms with Crippen LogP contribution in [-0.4, -0.2) is 46.9 Å². The van der Waals surface area contributed by atoms with Crippen LogP contribution < -0.4 is 5.32 Å². The molecule has 0 aliphatic heterocycles. The van der Waals surface area contributed by atoms with Crippen molar-refractivity contribution in [2.24, 2.45) is 0 Å². The van der Waals surface area contributed by atoms with Crippen molar-refractivity contribution in [3.05, 3.63) is 48.6 Å². The van der Waals surface area contributed by atoms with E-state index in [0.717, 1.165) is 83.5 Å². The number of esters is 1. The normalized spacial score (nSPS) is 13.5. The maximum absolute atomic E-state index is 13.2. The number of carbonyl (C=O) groups is 2. The number of ether oxygens (including phenoxy) is 1. The fraction of sp³-hybridized carbons (Fsp3) is 0.828. The van der Waals surface area contributed by atoms with Crippen molar-refractivity contribution in [2.75, 3.05) is 6.61 Å². The van der Waals surface area contributed by atoms with Crippen molar-refractivity contribution in [3.8, 4) is 0 Å². The van der Waals surface area contributed by atoms with E-state index in [2.05, 4.69) is 74.7 Å². The Kier molecular flexibility index (Phi) is 50.0. The van der Waals surface area contributed by atoms with E-state index in [0.29, 0.717) is 19.3 Å². The second-order valence-electron chi connectivity index (χ2n) is 19.0. The Morgan fingerprint density at radius 1 is 0.453 bits per heavy atom. The lowest BCUT2D eigenvalue weighted by atomic mass is 10.0. The van der Waals surface area contributed by atoms with Crippen LogP contribution in [0.5, 0.6) is 0 Å². The molecule has 0 radical (unpaired) electrons. The number of amides is 1. The Labute approximate surface area is 397 Å². The summed E-state index contributed by atoms with van der Waals surface area (Å²) < 4.78 is 5.92. The molecule has 0 saturated carbocycles. The van der Waals surface area contributed by atoms with E-state index >= 15 is 0 Å². The van der Waals surface area contributed by atoms with E-state index in [1.54, 1.807) is 0 Å². The molecule has 64 heavy (non-hydrogen) atoms. The van der Waals surface area contributed by atoms with Crippen LogP contribution in [0.3, 0.4) is 0 Å². The largest absolute Gasteiger partial charge is 0.462 e. The summed E-state index contributed by atoms with van der Waals surface area (Å²) in [5.41, 5.74) is 0. The van der Waals surface area contributed by atoms with E-state index in [1.165, 1.54) is 154 Å². The van der Waals surface area contributed by atoms with Crippen LogP contribution in [0.1, 0.15) is 284 Å². The Bertz CT molecular complexity index is 1100. The Morgan fingerprint density at radius 2 is 0.797 bits per heavy atom. The summed E-state index contributed by atoms with van der Waals surface area (Å²) in [4.78, 5) is 26.2. The summed E-state index contributed by atoms with van der Waals surface area (Å²) in [5.74, 6) is -0.523. The lowest BCUT2D eigenvalue weighted by Crippen LogP contribution is -2.46. The van der Waals surface area contributed by atoms with E-state index in [9.17, 15) is 19.8 Å². The number of unbranched alkanes of at least 4 members (excludes halogenated alkanes) is 30. The van der Waals surface area contributed by atoms with Crippen LogP contribution in [-0.2, 0) is 14.3 Å². The predicted molar refractivity (Wildman–Crippen MR) is 278 cm³/mol. The molecular weight excluding hydrogens is 791 g/mol. The second-order valence-corrected chi connectivity index (χ2v) is 19.0. The summed E-state index contributed by atoms with van der Waals surface area (Å²) in [6, 6.07) is -0.717. The second kappa shape index (κ2) is 51.8. The van der Waals surface area contributed by atoms with Gasteiger partial charge in [0.2, 0.25) is 5.91 Å². The molecule has 6 heteroatoms. The van der Waals surface area contributed by atoms with Crippen molar-refractivity contribution in [3.63, 3.8) is 0 Å². The topological polar surface area (TPSA) is 95.9 Å². The highest BCUT2D eigenvalue weighted by atomic mass is 16.5. The summed E-state index contributed by atoms with van der Waals surface area (Å²) >= 11 is 0. The quantitative estimate of drug-likeness (QED) is 0.0321. The summed E-state index contributed by atoms with van der Waals surface area (Å²) in [7, 11) is 0. The molecule has 0 bridgehead atoms. The van der Waals surface area contributed by atoms with Crippen LogP contribution in [0.4, 0.5) is 0 Å². The molecule has 3 atom stereocenters. The number of hydrogen-bond acceptors (Lipinski definition) is 5. The van der Waals surface area contributed by atoms with Crippen LogP contribution in [0.15, 0.2) is 48.6 Å². The highest BCUT2D eigenvalue weighted by Gasteiger charge is 2.24. The highest BCUT2D eigenvalue weighted by molar-refractivity contribution is 5.77. The summed E-state index contributed by atoms with van der Waals surface area (Å²) in [6.07, 6.45) is 63.2. The molecule has 0 fully saturated rings. The third-order valence-corrected chi connectivity index (χ3v) is 12.6. The first-order valence-corrected chi connectivity index (χ1v) is 27.9. The van der Waals surface area contributed by atoms with E-state index in [-0.39, 0.29) is 24.9 Å². The van der Waals surface area contributed by atoms with Gasteiger partial charge in [0.1, 0.15) is 6.10 Å². The van der Waals surface area contributed by atoms with Crippen LogP contribution in [0, 0.1) is 0 Å². The van der Waals surface area contributed by atoms with Crippen molar-refractivity contribution in [1.82, 2.24) is 5.32 Å². The molecule has 3 unspecified atom stereocenters. The molecule has 1 amide bonds. The molecule has 0 heterocycles.